The highest BCUT2D eigenvalue weighted by Gasteiger charge is 2.20. The second-order valence-corrected chi connectivity index (χ2v) is 4.82. The molecule has 0 amide bonds. The summed E-state index contributed by atoms with van der Waals surface area (Å²) in [5.74, 6) is 0.437. The van der Waals surface area contributed by atoms with Gasteiger partial charge in [0.25, 0.3) is 0 Å². The molecule has 2 rings (SSSR count). The van der Waals surface area contributed by atoms with Gasteiger partial charge in [-0.1, -0.05) is 18.2 Å². The number of methoxy groups -OCH3 is 1. The largest absolute Gasteiger partial charge is 0.507 e. The van der Waals surface area contributed by atoms with Crippen LogP contribution in [-0.2, 0) is 11.3 Å². The van der Waals surface area contributed by atoms with Crippen LogP contribution in [0.15, 0.2) is 18.2 Å². The summed E-state index contributed by atoms with van der Waals surface area (Å²) in [4.78, 5) is 2.35. The molecule has 3 nitrogen and oxygen atoms in total. The van der Waals surface area contributed by atoms with Crippen LogP contribution in [0.5, 0.6) is 5.75 Å². The second-order valence-electron chi connectivity index (χ2n) is 4.82. The minimum absolute atomic E-state index is 0.343. The first-order valence-corrected chi connectivity index (χ1v) is 6.23. The molecule has 0 saturated carbocycles. The van der Waals surface area contributed by atoms with Crippen molar-refractivity contribution in [3.05, 3.63) is 29.3 Å². The molecule has 1 N–H and O–H groups in total. The lowest BCUT2D eigenvalue weighted by atomic mass is 10.1. The smallest absolute Gasteiger partial charge is 0.122 e. The highest BCUT2D eigenvalue weighted by atomic mass is 16.5. The van der Waals surface area contributed by atoms with E-state index in [2.05, 4.69) is 4.90 Å². The molecule has 0 aromatic heterocycles. The highest BCUT2D eigenvalue weighted by molar-refractivity contribution is 5.39. The summed E-state index contributed by atoms with van der Waals surface area (Å²) in [6.45, 7) is 4.80. The fourth-order valence-electron chi connectivity index (χ4n) is 2.44. The number of hydrogen-bond acceptors (Lipinski definition) is 3. The van der Waals surface area contributed by atoms with Crippen LogP contribution in [0.25, 0.3) is 0 Å². The SMILES string of the molecule is COC1CCCN(Cc2cccc(C)c2O)C1. The van der Waals surface area contributed by atoms with Crippen molar-refractivity contribution in [3.8, 4) is 5.75 Å². The van der Waals surface area contributed by atoms with Gasteiger partial charge in [-0.3, -0.25) is 4.90 Å². The zero-order chi connectivity index (χ0) is 12.3. The van der Waals surface area contributed by atoms with E-state index >= 15 is 0 Å². The summed E-state index contributed by atoms with van der Waals surface area (Å²) in [5.41, 5.74) is 1.96. The number of phenols is 1. The number of benzene rings is 1. The van der Waals surface area contributed by atoms with Gasteiger partial charge in [0.15, 0.2) is 0 Å². The van der Waals surface area contributed by atoms with Crippen LogP contribution in [0.4, 0.5) is 0 Å². The van der Waals surface area contributed by atoms with Gasteiger partial charge < -0.3 is 9.84 Å². The van der Waals surface area contributed by atoms with E-state index in [1.54, 1.807) is 7.11 Å². The van der Waals surface area contributed by atoms with Crippen LogP contribution in [0.3, 0.4) is 0 Å². The number of rotatable bonds is 3. The molecule has 1 aliphatic heterocycles. The molecule has 1 aliphatic rings. The number of likely N-dealkylation sites (tertiary alicyclic amines) is 1. The molecule has 1 heterocycles. The molecular formula is C14H21NO2. The number of phenolic OH excluding ortho intramolecular Hbond substituents is 1. The van der Waals surface area contributed by atoms with E-state index in [1.807, 2.05) is 25.1 Å². The highest BCUT2D eigenvalue weighted by Crippen LogP contribution is 2.24. The summed E-state index contributed by atoms with van der Waals surface area (Å²) in [7, 11) is 1.78. The second kappa shape index (κ2) is 5.52. The third-order valence-corrected chi connectivity index (χ3v) is 3.51. The first kappa shape index (κ1) is 12.4. The van der Waals surface area contributed by atoms with Crippen LogP contribution in [0, 0.1) is 6.92 Å². The van der Waals surface area contributed by atoms with Gasteiger partial charge in [-0.05, 0) is 31.9 Å². The molecular weight excluding hydrogens is 214 g/mol. The predicted molar refractivity (Wildman–Crippen MR) is 68.2 cm³/mol. The Hall–Kier alpha value is -1.06. The van der Waals surface area contributed by atoms with Crippen LogP contribution in [0.2, 0.25) is 0 Å². The Morgan fingerprint density at radius 1 is 1.47 bits per heavy atom. The van der Waals surface area contributed by atoms with Crippen LogP contribution < -0.4 is 0 Å². The van der Waals surface area contributed by atoms with E-state index < -0.39 is 0 Å². The molecule has 94 valence electrons. The van der Waals surface area contributed by atoms with Gasteiger partial charge in [0, 0.05) is 25.8 Å². The molecule has 1 atom stereocenters. The Morgan fingerprint density at radius 2 is 2.29 bits per heavy atom. The number of ether oxygens (including phenoxy) is 1. The van der Waals surface area contributed by atoms with Crippen molar-refractivity contribution < 1.29 is 9.84 Å². The summed E-state index contributed by atoms with van der Waals surface area (Å²) >= 11 is 0. The van der Waals surface area contributed by atoms with Gasteiger partial charge >= 0.3 is 0 Å². The maximum Gasteiger partial charge on any atom is 0.122 e. The van der Waals surface area contributed by atoms with Gasteiger partial charge in [0.2, 0.25) is 0 Å². The quantitative estimate of drug-likeness (QED) is 0.872. The van der Waals surface area contributed by atoms with E-state index in [4.69, 9.17) is 4.74 Å². The molecule has 1 fully saturated rings. The third kappa shape index (κ3) is 2.99. The summed E-state index contributed by atoms with van der Waals surface area (Å²) in [5, 5.41) is 9.99. The van der Waals surface area contributed by atoms with Crippen molar-refractivity contribution in [3.63, 3.8) is 0 Å². The van der Waals surface area contributed by atoms with Gasteiger partial charge in [0.05, 0.1) is 6.10 Å². The lowest BCUT2D eigenvalue weighted by molar-refractivity contribution is 0.0283. The van der Waals surface area contributed by atoms with Gasteiger partial charge in [-0.25, -0.2) is 0 Å². The molecule has 3 heteroatoms. The normalized spacial score (nSPS) is 21.6. The number of hydrogen-bond donors (Lipinski definition) is 1. The van der Waals surface area contributed by atoms with Crippen LogP contribution in [-0.4, -0.2) is 36.3 Å². The van der Waals surface area contributed by atoms with Crippen molar-refractivity contribution in [2.45, 2.75) is 32.4 Å². The molecule has 0 radical (unpaired) electrons. The topological polar surface area (TPSA) is 32.7 Å². The van der Waals surface area contributed by atoms with E-state index in [0.717, 1.165) is 37.2 Å². The Labute approximate surface area is 103 Å². The minimum atomic E-state index is 0.343. The van der Waals surface area contributed by atoms with E-state index in [9.17, 15) is 5.11 Å². The van der Waals surface area contributed by atoms with E-state index in [-0.39, 0.29) is 0 Å². The molecule has 0 spiro atoms. The third-order valence-electron chi connectivity index (χ3n) is 3.51. The number of aromatic hydroxyl groups is 1. The van der Waals surface area contributed by atoms with Gasteiger partial charge in [-0.2, -0.15) is 0 Å². The van der Waals surface area contributed by atoms with Crippen LogP contribution in [0.1, 0.15) is 24.0 Å². The number of aryl methyl sites for hydroxylation is 1. The molecule has 1 aromatic carbocycles. The molecule has 0 bridgehead atoms. The predicted octanol–water partition coefficient (Wildman–Crippen LogP) is 2.31. The number of para-hydroxylation sites is 1. The number of piperidine rings is 1. The fraction of sp³-hybridized carbons (Fsp3) is 0.571. The molecule has 1 aromatic rings. The van der Waals surface area contributed by atoms with Crippen molar-refractivity contribution in [1.82, 2.24) is 4.90 Å². The summed E-state index contributed by atoms with van der Waals surface area (Å²) < 4.78 is 5.41. The fourth-order valence-corrected chi connectivity index (χ4v) is 2.44. The average Bonchev–Trinajstić information content (AvgIpc) is 2.35. The molecule has 17 heavy (non-hydrogen) atoms. The molecule has 1 unspecified atom stereocenters. The summed E-state index contributed by atoms with van der Waals surface area (Å²) in [6.07, 6.45) is 2.66. The maximum absolute atomic E-state index is 9.99. The monoisotopic (exact) mass is 235 g/mol. The summed E-state index contributed by atoms with van der Waals surface area (Å²) in [6, 6.07) is 5.94. The molecule has 0 aliphatic carbocycles. The van der Waals surface area contributed by atoms with Crippen molar-refractivity contribution in [2.24, 2.45) is 0 Å². The Balaban J connectivity index is 2.02. The standard InChI is InChI=1S/C14H21NO2/c1-11-5-3-6-12(14(11)16)9-15-8-4-7-13(10-15)17-2/h3,5-6,13,16H,4,7-10H2,1-2H3. The van der Waals surface area contributed by atoms with Crippen molar-refractivity contribution >= 4 is 0 Å². The minimum Gasteiger partial charge on any atom is -0.507 e. The molecule has 1 saturated heterocycles. The lowest BCUT2D eigenvalue weighted by Crippen LogP contribution is -2.38. The first-order chi connectivity index (χ1) is 8.20. The van der Waals surface area contributed by atoms with E-state index in [0.29, 0.717) is 11.9 Å². The number of nitrogens with zero attached hydrogens (tertiary/aromatic N) is 1. The average molecular weight is 235 g/mol. The van der Waals surface area contributed by atoms with Crippen LogP contribution >= 0.6 is 0 Å². The Morgan fingerprint density at radius 3 is 3.06 bits per heavy atom. The first-order valence-electron chi connectivity index (χ1n) is 6.23. The zero-order valence-electron chi connectivity index (χ0n) is 10.6. The Bertz CT molecular complexity index is 378. The maximum atomic E-state index is 9.99. The van der Waals surface area contributed by atoms with Crippen molar-refractivity contribution in [2.75, 3.05) is 20.2 Å². The van der Waals surface area contributed by atoms with Crippen molar-refractivity contribution in [1.29, 1.82) is 0 Å². The zero-order valence-corrected chi connectivity index (χ0v) is 10.6. The lowest BCUT2D eigenvalue weighted by Gasteiger charge is -2.32. The van der Waals surface area contributed by atoms with E-state index in [1.165, 1.54) is 6.42 Å². The van der Waals surface area contributed by atoms with Gasteiger partial charge in [-0.15, -0.1) is 0 Å². The Kier molecular flexibility index (Phi) is 4.02. The van der Waals surface area contributed by atoms with Gasteiger partial charge in [0.1, 0.15) is 5.75 Å².